The minimum atomic E-state index is -0.828. The number of unbranched alkanes of at least 4 members (excludes halogenated alkanes) is 17. The molecule has 0 fully saturated rings. The standard InChI is InChI=1S/C26H56Si/c1-5-9-10-11-12-13-14-15-16-17-18-19-20-21-22-23-24-25-26-27(6-2,7-3)8-4/h5-26H2,1-4H3. The van der Waals surface area contributed by atoms with Gasteiger partial charge in [0.1, 0.15) is 0 Å². The van der Waals surface area contributed by atoms with E-state index >= 15 is 0 Å². The molecular weight excluding hydrogens is 340 g/mol. The molecule has 27 heavy (non-hydrogen) atoms. The monoisotopic (exact) mass is 396 g/mol. The van der Waals surface area contributed by atoms with Crippen molar-refractivity contribution in [2.24, 2.45) is 0 Å². The van der Waals surface area contributed by atoms with Crippen molar-refractivity contribution in [3.8, 4) is 0 Å². The van der Waals surface area contributed by atoms with Gasteiger partial charge in [-0.2, -0.15) is 0 Å². The van der Waals surface area contributed by atoms with Crippen LogP contribution in [0.15, 0.2) is 0 Å². The lowest BCUT2D eigenvalue weighted by Crippen LogP contribution is -2.30. The highest BCUT2D eigenvalue weighted by Gasteiger charge is 2.25. The largest absolute Gasteiger partial charge is 0.0678 e. The molecule has 0 aromatic heterocycles. The normalized spacial score (nSPS) is 12.0. The molecule has 0 N–H and O–H groups in total. The van der Waals surface area contributed by atoms with Crippen LogP contribution >= 0.6 is 0 Å². The summed E-state index contributed by atoms with van der Waals surface area (Å²) in [6.45, 7) is 9.66. The van der Waals surface area contributed by atoms with Crippen LogP contribution in [0.3, 0.4) is 0 Å². The number of rotatable bonds is 22. The Bertz CT molecular complexity index is 261. The predicted octanol–water partition coefficient (Wildman–Crippen LogP) is 10.5. The lowest BCUT2D eigenvalue weighted by atomic mass is 10.0. The minimum absolute atomic E-state index is 0.828. The molecule has 0 aromatic carbocycles. The first-order chi connectivity index (χ1) is 13.2. The first-order valence-corrected chi connectivity index (χ1v) is 16.1. The fourth-order valence-electron chi connectivity index (χ4n) is 4.68. The maximum atomic E-state index is 2.45. The van der Waals surface area contributed by atoms with Gasteiger partial charge < -0.3 is 0 Å². The van der Waals surface area contributed by atoms with E-state index in [0.29, 0.717) is 0 Å². The first kappa shape index (κ1) is 27.2. The molecule has 0 spiro atoms. The smallest absolute Gasteiger partial charge is 0.0527 e. The van der Waals surface area contributed by atoms with Gasteiger partial charge in [0.05, 0.1) is 8.07 Å². The molecule has 0 unspecified atom stereocenters. The quantitative estimate of drug-likeness (QED) is 0.126. The van der Waals surface area contributed by atoms with Gasteiger partial charge in [-0.05, 0) is 0 Å². The van der Waals surface area contributed by atoms with E-state index in [4.69, 9.17) is 0 Å². The molecule has 0 aliphatic heterocycles. The Balaban J connectivity index is 3.19. The highest BCUT2D eigenvalue weighted by molar-refractivity contribution is 6.79. The van der Waals surface area contributed by atoms with Gasteiger partial charge in [0.25, 0.3) is 0 Å². The van der Waals surface area contributed by atoms with E-state index in [2.05, 4.69) is 27.7 Å². The Hall–Kier alpha value is 0.217. The van der Waals surface area contributed by atoms with Crippen LogP contribution in [-0.4, -0.2) is 8.07 Å². The van der Waals surface area contributed by atoms with Gasteiger partial charge in [0, 0.05) is 0 Å². The summed E-state index contributed by atoms with van der Waals surface area (Å²) in [6, 6.07) is 6.14. The van der Waals surface area contributed by atoms with Crippen LogP contribution in [0.4, 0.5) is 0 Å². The van der Waals surface area contributed by atoms with Crippen molar-refractivity contribution in [3.05, 3.63) is 0 Å². The van der Waals surface area contributed by atoms with E-state index in [1.165, 1.54) is 134 Å². The predicted molar refractivity (Wildman–Crippen MR) is 131 cm³/mol. The Morgan fingerprint density at radius 3 is 0.852 bits per heavy atom. The molecule has 0 atom stereocenters. The van der Waals surface area contributed by atoms with Gasteiger partial charge in [0.2, 0.25) is 0 Å². The fraction of sp³-hybridized carbons (Fsp3) is 1.00. The van der Waals surface area contributed by atoms with Gasteiger partial charge in [-0.1, -0.05) is 167 Å². The maximum Gasteiger partial charge on any atom is 0.0527 e. The van der Waals surface area contributed by atoms with Gasteiger partial charge in [-0.15, -0.1) is 0 Å². The topological polar surface area (TPSA) is 0 Å². The third kappa shape index (κ3) is 16.8. The summed E-state index contributed by atoms with van der Waals surface area (Å²) >= 11 is 0. The van der Waals surface area contributed by atoms with Crippen molar-refractivity contribution in [2.75, 3.05) is 0 Å². The molecule has 0 bridgehead atoms. The molecule has 0 rings (SSSR count). The van der Waals surface area contributed by atoms with Crippen LogP contribution < -0.4 is 0 Å². The highest BCUT2D eigenvalue weighted by atomic mass is 28.3. The zero-order valence-corrected chi connectivity index (χ0v) is 21.1. The molecular formula is C26H56Si. The third-order valence-corrected chi connectivity index (χ3v) is 13.2. The minimum Gasteiger partial charge on any atom is -0.0678 e. The van der Waals surface area contributed by atoms with Crippen molar-refractivity contribution in [2.45, 2.75) is 167 Å². The Labute approximate surface area is 175 Å². The van der Waals surface area contributed by atoms with Crippen LogP contribution in [0.5, 0.6) is 0 Å². The molecule has 0 saturated heterocycles. The van der Waals surface area contributed by atoms with Gasteiger partial charge >= 0.3 is 0 Å². The van der Waals surface area contributed by atoms with E-state index in [0.717, 1.165) is 0 Å². The summed E-state index contributed by atoms with van der Waals surface area (Å²) in [4.78, 5) is 0. The summed E-state index contributed by atoms with van der Waals surface area (Å²) in [6.07, 6.45) is 26.7. The fourth-order valence-corrected chi connectivity index (χ4v) is 8.24. The molecule has 0 nitrogen and oxygen atoms in total. The van der Waals surface area contributed by atoms with Crippen molar-refractivity contribution in [1.29, 1.82) is 0 Å². The Morgan fingerprint density at radius 1 is 0.333 bits per heavy atom. The molecule has 164 valence electrons. The average Bonchev–Trinajstić information content (AvgIpc) is 2.70. The second kappa shape index (κ2) is 20.9. The van der Waals surface area contributed by atoms with Crippen LogP contribution in [-0.2, 0) is 0 Å². The van der Waals surface area contributed by atoms with Crippen LogP contribution in [0.1, 0.15) is 143 Å². The molecule has 0 aliphatic carbocycles. The molecule has 0 aliphatic rings. The van der Waals surface area contributed by atoms with Crippen molar-refractivity contribution >= 4 is 8.07 Å². The van der Waals surface area contributed by atoms with E-state index < -0.39 is 8.07 Å². The summed E-state index contributed by atoms with van der Waals surface area (Å²) in [5.74, 6) is 0. The molecule has 0 radical (unpaired) electrons. The SMILES string of the molecule is CCCCCCCCCCCCCCCCCCCC[Si](CC)(CC)CC. The highest BCUT2D eigenvalue weighted by Crippen LogP contribution is 2.27. The van der Waals surface area contributed by atoms with Crippen molar-refractivity contribution < 1.29 is 0 Å². The second-order valence-corrected chi connectivity index (χ2v) is 14.9. The third-order valence-electron chi connectivity index (χ3n) is 7.31. The zero-order chi connectivity index (χ0) is 20.1. The molecule has 0 aromatic rings. The van der Waals surface area contributed by atoms with E-state index in [1.54, 1.807) is 6.04 Å². The van der Waals surface area contributed by atoms with Crippen LogP contribution in [0.2, 0.25) is 24.2 Å². The van der Waals surface area contributed by atoms with E-state index in [9.17, 15) is 0 Å². The van der Waals surface area contributed by atoms with E-state index in [1.807, 2.05) is 0 Å². The zero-order valence-electron chi connectivity index (χ0n) is 20.1. The van der Waals surface area contributed by atoms with Gasteiger partial charge in [-0.25, -0.2) is 0 Å². The van der Waals surface area contributed by atoms with Crippen molar-refractivity contribution in [1.82, 2.24) is 0 Å². The lowest BCUT2D eigenvalue weighted by Gasteiger charge is -2.28. The van der Waals surface area contributed by atoms with Crippen LogP contribution in [0.25, 0.3) is 0 Å². The second-order valence-electron chi connectivity index (χ2n) is 9.32. The Kier molecular flexibility index (Phi) is 21.1. The molecule has 0 amide bonds. The summed E-state index contributed by atoms with van der Waals surface area (Å²) in [7, 11) is -0.828. The van der Waals surface area contributed by atoms with Crippen molar-refractivity contribution in [3.63, 3.8) is 0 Å². The molecule has 0 heterocycles. The summed E-state index contributed by atoms with van der Waals surface area (Å²) < 4.78 is 0. The van der Waals surface area contributed by atoms with Crippen LogP contribution in [0, 0.1) is 0 Å². The summed E-state index contributed by atoms with van der Waals surface area (Å²) in [5.41, 5.74) is 0. The lowest BCUT2D eigenvalue weighted by molar-refractivity contribution is 0.526. The maximum absolute atomic E-state index is 2.45. The van der Waals surface area contributed by atoms with Gasteiger partial charge in [-0.3, -0.25) is 0 Å². The van der Waals surface area contributed by atoms with E-state index in [-0.39, 0.29) is 0 Å². The Morgan fingerprint density at radius 2 is 0.593 bits per heavy atom. The number of hydrogen-bond acceptors (Lipinski definition) is 0. The number of hydrogen-bond donors (Lipinski definition) is 0. The molecule has 0 saturated carbocycles. The molecule has 1 heteroatoms. The average molecular weight is 397 g/mol. The summed E-state index contributed by atoms with van der Waals surface area (Å²) in [5, 5.41) is 0. The van der Waals surface area contributed by atoms with Gasteiger partial charge in [0.15, 0.2) is 0 Å². The first-order valence-electron chi connectivity index (χ1n) is 13.2.